The quantitative estimate of drug-likeness (QED) is 0.228. The first kappa shape index (κ1) is 21.9. The first-order valence-corrected chi connectivity index (χ1v) is 11.7. The average molecular weight is 408 g/mol. The fraction of sp³-hybridized carbons (Fsp3) is 0.773. The Balaban J connectivity index is 1.55. The number of allylic oxidation sites excluding steroid dienone is 3. The van der Waals surface area contributed by atoms with Gasteiger partial charge in [0.2, 0.25) is 5.91 Å². The van der Waals surface area contributed by atoms with Gasteiger partial charge in [-0.3, -0.25) is 9.63 Å². The van der Waals surface area contributed by atoms with Gasteiger partial charge in [-0.2, -0.15) is 5.48 Å². The van der Waals surface area contributed by atoms with Crippen LogP contribution in [0.1, 0.15) is 72.1 Å². The molecule has 0 saturated heterocycles. The first-order valence-electron chi connectivity index (χ1n) is 10.9. The molecule has 0 aromatic carbocycles. The molecule has 0 radical (unpaired) electrons. The number of amides is 1. The lowest BCUT2D eigenvalue weighted by Crippen LogP contribution is -2.58. The van der Waals surface area contributed by atoms with E-state index in [1.807, 2.05) is 6.92 Å². The summed E-state index contributed by atoms with van der Waals surface area (Å²) in [4.78, 5) is 18.3. The van der Waals surface area contributed by atoms with Gasteiger partial charge in [0.1, 0.15) is 5.72 Å². The van der Waals surface area contributed by atoms with E-state index in [9.17, 15) is 4.79 Å². The predicted octanol–water partition coefficient (Wildman–Crippen LogP) is 4.42. The van der Waals surface area contributed by atoms with E-state index in [-0.39, 0.29) is 23.1 Å². The van der Waals surface area contributed by atoms with Gasteiger partial charge in [-0.25, -0.2) is 4.72 Å². The minimum Gasteiger partial charge on any atom is -0.369 e. The summed E-state index contributed by atoms with van der Waals surface area (Å²) in [6.07, 6.45) is 14.6. The number of primary amides is 1. The number of carbonyl (C=O) groups excluding carboxylic acids is 1. The third-order valence-corrected chi connectivity index (χ3v) is 7.72. The van der Waals surface area contributed by atoms with Crippen molar-refractivity contribution in [2.45, 2.75) is 83.9 Å². The molecule has 3 saturated carbocycles. The summed E-state index contributed by atoms with van der Waals surface area (Å²) in [6.45, 7) is 6.49. The van der Waals surface area contributed by atoms with E-state index >= 15 is 0 Å². The Hall–Kier alpha value is -0.820. The maximum atomic E-state index is 12.0. The number of nitrogens with two attached hydrogens (primary N) is 1. The normalized spacial score (nSPS) is 37.2. The molecular formula is C22H37N3O2S. The van der Waals surface area contributed by atoms with Crippen molar-refractivity contribution in [2.75, 3.05) is 0 Å². The Morgan fingerprint density at radius 1 is 1.29 bits per heavy atom. The minimum atomic E-state index is -0.368. The zero-order chi connectivity index (χ0) is 20.2. The molecule has 5 atom stereocenters. The highest BCUT2D eigenvalue weighted by Crippen LogP contribution is 2.50. The van der Waals surface area contributed by atoms with E-state index in [2.05, 4.69) is 47.7 Å². The van der Waals surface area contributed by atoms with E-state index in [0.29, 0.717) is 17.8 Å². The number of fused-ring (bicyclic) bond motifs is 2. The van der Waals surface area contributed by atoms with Gasteiger partial charge in [-0.05, 0) is 74.5 Å². The van der Waals surface area contributed by atoms with Crippen molar-refractivity contribution in [3.63, 3.8) is 0 Å². The summed E-state index contributed by atoms with van der Waals surface area (Å²) < 4.78 is 3.49. The molecule has 5 nitrogen and oxygen atoms in total. The fourth-order valence-corrected chi connectivity index (χ4v) is 5.94. The van der Waals surface area contributed by atoms with Crippen molar-refractivity contribution in [3.05, 3.63) is 23.6 Å². The summed E-state index contributed by atoms with van der Waals surface area (Å²) in [5, 5.41) is 2.06. The lowest BCUT2D eigenvalue weighted by atomic mass is 9.57. The second-order valence-corrected chi connectivity index (χ2v) is 10.1. The van der Waals surface area contributed by atoms with Gasteiger partial charge >= 0.3 is 0 Å². The minimum absolute atomic E-state index is 0.145. The molecule has 3 fully saturated rings. The van der Waals surface area contributed by atoms with Crippen LogP contribution in [-0.2, 0) is 9.63 Å². The molecule has 0 aromatic rings. The number of hydrogen-bond donors (Lipinski definition) is 3. The summed E-state index contributed by atoms with van der Waals surface area (Å²) in [6, 6.07) is 0.280. The van der Waals surface area contributed by atoms with Crippen LogP contribution in [0.3, 0.4) is 0 Å². The molecule has 0 aliphatic heterocycles. The van der Waals surface area contributed by atoms with Crippen molar-refractivity contribution in [3.8, 4) is 0 Å². The Kier molecular flexibility index (Phi) is 7.29. The molecule has 1 amide bonds. The smallest absolute Gasteiger partial charge is 0.223 e. The van der Waals surface area contributed by atoms with Crippen LogP contribution in [0.2, 0.25) is 0 Å². The highest BCUT2D eigenvalue weighted by atomic mass is 32.2. The Morgan fingerprint density at radius 3 is 2.71 bits per heavy atom. The third kappa shape index (κ3) is 5.02. The maximum Gasteiger partial charge on any atom is 0.223 e. The van der Waals surface area contributed by atoms with Gasteiger partial charge in [-0.15, -0.1) is 0 Å². The first-order chi connectivity index (χ1) is 13.4. The lowest BCUT2D eigenvalue weighted by molar-refractivity contribution is -0.185. The van der Waals surface area contributed by atoms with Crippen molar-refractivity contribution in [1.82, 2.24) is 10.2 Å². The average Bonchev–Trinajstić information content (AvgIpc) is 2.60. The summed E-state index contributed by atoms with van der Waals surface area (Å²) in [5.74, 6) is 1.46. The van der Waals surface area contributed by atoms with E-state index < -0.39 is 0 Å². The largest absolute Gasteiger partial charge is 0.369 e. The van der Waals surface area contributed by atoms with E-state index in [4.69, 9.17) is 10.6 Å². The predicted molar refractivity (Wildman–Crippen MR) is 116 cm³/mol. The number of hydroxylamine groups is 1. The van der Waals surface area contributed by atoms with Crippen LogP contribution in [0, 0.1) is 23.2 Å². The van der Waals surface area contributed by atoms with Crippen LogP contribution in [0.15, 0.2) is 23.6 Å². The van der Waals surface area contributed by atoms with E-state index in [1.54, 1.807) is 11.9 Å². The van der Waals surface area contributed by atoms with Crippen molar-refractivity contribution in [2.24, 2.45) is 28.9 Å². The van der Waals surface area contributed by atoms with Crippen LogP contribution in [0.5, 0.6) is 0 Å². The molecule has 6 heteroatoms. The molecular weight excluding hydrogens is 370 g/mol. The molecule has 28 heavy (non-hydrogen) atoms. The van der Waals surface area contributed by atoms with Gasteiger partial charge in [0.15, 0.2) is 0 Å². The molecule has 3 aliphatic carbocycles. The molecule has 158 valence electrons. The molecule has 0 spiro atoms. The molecule has 5 unspecified atom stereocenters. The standard InChI is InChI=1S/C22H37N3O2S/c1-4-5-6-7-11-28-25-22(9-8-10-22)27-24-19-16(2)12-17-13-18(19)15-21(3,14-17)20(23)26/h5-7,11,16-19,24-25H,4,8-10,12-15H2,1-3H3,(H2,23,26)/b6-5-,11-7+. The molecule has 0 aromatic heterocycles. The number of nitrogens with one attached hydrogen (secondary N) is 2. The zero-order valence-electron chi connectivity index (χ0n) is 17.6. The SMILES string of the molecule is CC/C=C\C=C\SNC1(ONC2C(C)CC3CC2CC(C)(C(N)=O)C3)CCC1. The summed E-state index contributed by atoms with van der Waals surface area (Å²) in [7, 11) is 0. The number of hydrogen-bond acceptors (Lipinski definition) is 5. The van der Waals surface area contributed by atoms with Crippen molar-refractivity contribution in [1.29, 1.82) is 0 Å². The highest BCUT2D eigenvalue weighted by Gasteiger charge is 2.49. The van der Waals surface area contributed by atoms with Gasteiger partial charge in [0.25, 0.3) is 0 Å². The highest BCUT2D eigenvalue weighted by molar-refractivity contribution is 8.00. The second kappa shape index (κ2) is 9.33. The second-order valence-electron chi connectivity index (χ2n) is 9.39. The molecule has 0 heterocycles. The monoisotopic (exact) mass is 407 g/mol. The van der Waals surface area contributed by atoms with Crippen molar-refractivity contribution < 1.29 is 9.63 Å². The third-order valence-electron chi connectivity index (χ3n) is 6.93. The van der Waals surface area contributed by atoms with Crippen LogP contribution in [0.4, 0.5) is 0 Å². The van der Waals surface area contributed by atoms with Crippen LogP contribution >= 0.6 is 11.9 Å². The lowest BCUT2D eigenvalue weighted by Gasteiger charge is -2.51. The molecule has 3 rings (SSSR count). The van der Waals surface area contributed by atoms with Gasteiger partial charge in [-0.1, -0.05) is 50.9 Å². The van der Waals surface area contributed by atoms with E-state index in [0.717, 1.165) is 38.5 Å². The Labute approximate surface area is 174 Å². The van der Waals surface area contributed by atoms with Crippen LogP contribution in [-0.4, -0.2) is 17.7 Å². The topological polar surface area (TPSA) is 76.4 Å². The van der Waals surface area contributed by atoms with Crippen LogP contribution < -0.4 is 15.9 Å². The van der Waals surface area contributed by atoms with Gasteiger partial charge < -0.3 is 5.73 Å². The summed E-state index contributed by atoms with van der Waals surface area (Å²) in [5.41, 5.74) is 8.53. The summed E-state index contributed by atoms with van der Waals surface area (Å²) >= 11 is 1.59. The zero-order valence-corrected chi connectivity index (χ0v) is 18.4. The molecule has 3 aliphatic rings. The number of carbonyl (C=O) groups is 1. The fourth-order valence-electron chi connectivity index (χ4n) is 5.24. The van der Waals surface area contributed by atoms with E-state index in [1.165, 1.54) is 12.8 Å². The van der Waals surface area contributed by atoms with Crippen molar-refractivity contribution >= 4 is 17.9 Å². The maximum absolute atomic E-state index is 12.0. The van der Waals surface area contributed by atoms with Gasteiger partial charge in [0.05, 0.1) is 0 Å². The Bertz CT molecular complexity index is 603. The Morgan fingerprint density at radius 2 is 2.07 bits per heavy atom. The van der Waals surface area contributed by atoms with Gasteiger partial charge in [0, 0.05) is 11.5 Å². The molecule has 4 N–H and O–H groups in total. The number of rotatable bonds is 9. The molecule has 2 bridgehead atoms. The van der Waals surface area contributed by atoms with Crippen LogP contribution in [0.25, 0.3) is 0 Å².